The zero-order valence-electron chi connectivity index (χ0n) is 10.5. The van der Waals surface area contributed by atoms with Gasteiger partial charge in [0.05, 0.1) is 7.11 Å². The smallest absolute Gasteiger partial charge is 0.328 e. The predicted molar refractivity (Wildman–Crippen MR) is 66.3 cm³/mol. The highest BCUT2D eigenvalue weighted by atomic mass is 16.5. The minimum absolute atomic E-state index is 0.653. The Bertz CT molecular complexity index is 392. The lowest BCUT2D eigenvalue weighted by Gasteiger charge is -2.27. The highest BCUT2D eigenvalue weighted by molar-refractivity contribution is 5.80. The average Bonchev–Trinajstić information content (AvgIpc) is 2.35. The number of carbonyl (C=O) groups is 1. The van der Waals surface area contributed by atoms with Crippen LogP contribution >= 0.6 is 0 Å². The molecule has 1 atom stereocenters. The largest absolute Gasteiger partial charge is 0.497 e. The molecule has 0 radical (unpaired) electrons. The van der Waals surface area contributed by atoms with E-state index in [-0.39, 0.29) is 0 Å². The fourth-order valence-corrected chi connectivity index (χ4v) is 1.61. The van der Waals surface area contributed by atoms with E-state index in [1.807, 2.05) is 6.92 Å². The highest BCUT2D eigenvalue weighted by Gasteiger charge is 2.34. The van der Waals surface area contributed by atoms with E-state index in [2.05, 4.69) is 5.32 Å². The standard InChI is InChI=1S/C13H19NO3/c1-4-8-14-13(2,12(15)16)10-6-5-7-11(9-10)17-3/h5-7,9,14H,4,8H2,1-3H3,(H,15,16). The van der Waals surface area contributed by atoms with Gasteiger partial charge in [-0.05, 0) is 37.6 Å². The van der Waals surface area contributed by atoms with Crippen molar-refractivity contribution in [1.29, 1.82) is 0 Å². The summed E-state index contributed by atoms with van der Waals surface area (Å²) in [5, 5.41) is 12.4. The molecule has 0 bridgehead atoms. The number of carboxylic acid groups (broad SMARTS) is 1. The van der Waals surface area contributed by atoms with E-state index in [4.69, 9.17) is 4.74 Å². The maximum Gasteiger partial charge on any atom is 0.328 e. The molecule has 0 amide bonds. The Hall–Kier alpha value is -1.55. The summed E-state index contributed by atoms with van der Waals surface area (Å²) in [6.45, 7) is 4.32. The average molecular weight is 237 g/mol. The van der Waals surface area contributed by atoms with Crippen LogP contribution in [0.3, 0.4) is 0 Å². The zero-order chi connectivity index (χ0) is 12.9. The van der Waals surface area contributed by atoms with Crippen LogP contribution in [0.5, 0.6) is 5.75 Å². The van der Waals surface area contributed by atoms with E-state index in [1.165, 1.54) is 0 Å². The molecule has 0 saturated heterocycles. The van der Waals surface area contributed by atoms with Crippen LogP contribution in [0.4, 0.5) is 0 Å². The second-order valence-corrected chi connectivity index (χ2v) is 4.09. The lowest BCUT2D eigenvalue weighted by Crippen LogP contribution is -2.46. The molecule has 0 saturated carbocycles. The molecule has 0 fully saturated rings. The molecule has 1 aromatic rings. The quantitative estimate of drug-likeness (QED) is 0.794. The summed E-state index contributed by atoms with van der Waals surface area (Å²) < 4.78 is 5.11. The Morgan fingerprint density at radius 2 is 2.24 bits per heavy atom. The molecule has 1 aromatic carbocycles. The van der Waals surface area contributed by atoms with Crippen LogP contribution in [-0.2, 0) is 10.3 Å². The Kier molecular flexibility index (Phi) is 4.52. The predicted octanol–water partition coefficient (Wildman–Crippen LogP) is 1.99. The molecule has 0 spiro atoms. The number of carboxylic acids is 1. The normalized spacial score (nSPS) is 14.1. The summed E-state index contributed by atoms with van der Waals surface area (Å²) in [6, 6.07) is 7.13. The van der Waals surface area contributed by atoms with Gasteiger partial charge in [-0.3, -0.25) is 5.32 Å². The van der Waals surface area contributed by atoms with E-state index in [9.17, 15) is 9.90 Å². The number of hydrogen-bond donors (Lipinski definition) is 2. The SMILES string of the molecule is CCCNC(C)(C(=O)O)c1cccc(OC)c1. The molecule has 4 nitrogen and oxygen atoms in total. The number of rotatable bonds is 6. The van der Waals surface area contributed by atoms with Gasteiger partial charge in [0, 0.05) is 0 Å². The van der Waals surface area contributed by atoms with Crippen LogP contribution < -0.4 is 10.1 Å². The van der Waals surface area contributed by atoms with Crippen molar-refractivity contribution in [3.05, 3.63) is 29.8 Å². The second kappa shape index (κ2) is 5.68. The van der Waals surface area contributed by atoms with E-state index in [0.29, 0.717) is 17.9 Å². The number of ether oxygens (including phenoxy) is 1. The van der Waals surface area contributed by atoms with Crippen molar-refractivity contribution in [2.45, 2.75) is 25.8 Å². The molecule has 1 unspecified atom stereocenters. The van der Waals surface area contributed by atoms with Crippen LogP contribution in [0.1, 0.15) is 25.8 Å². The molecule has 0 aliphatic rings. The molecular formula is C13H19NO3. The summed E-state index contributed by atoms with van der Waals surface area (Å²) in [5.41, 5.74) is -0.386. The van der Waals surface area contributed by atoms with Gasteiger partial charge in [0.1, 0.15) is 11.3 Å². The first-order valence-electron chi connectivity index (χ1n) is 5.67. The van der Waals surface area contributed by atoms with E-state index >= 15 is 0 Å². The van der Waals surface area contributed by atoms with Gasteiger partial charge in [-0.25, -0.2) is 4.79 Å². The summed E-state index contributed by atoms with van der Waals surface area (Å²) in [7, 11) is 1.57. The van der Waals surface area contributed by atoms with Gasteiger partial charge in [-0.2, -0.15) is 0 Å². The molecule has 94 valence electrons. The minimum atomic E-state index is -1.08. The fraction of sp³-hybridized carbons (Fsp3) is 0.462. The van der Waals surface area contributed by atoms with Crippen molar-refractivity contribution in [3.63, 3.8) is 0 Å². The number of aliphatic carboxylic acids is 1. The molecule has 0 aliphatic heterocycles. The molecule has 0 heterocycles. The third-order valence-corrected chi connectivity index (χ3v) is 2.80. The molecule has 4 heteroatoms. The van der Waals surface area contributed by atoms with Crippen molar-refractivity contribution in [3.8, 4) is 5.75 Å². The lowest BCUT2D eigenvalue weighted by atomic mass is 9.91. The van der Waals surface area contributed by atoms with Gasteiger partial charge in [0.15, 0.2) is 0 Å². The Morgan fingerprint density at radius 3 is 2.76 bits per heavy atom. The van der Waals surface area contributed by atoms with Crippen LogP contribution in [0.2, 0.25) is 0 Å². The minimum Gasteiger partial charge on any atom is -0.497 e. The van der Waals surface area contributed by atoms with Crippen molar-refractivity contribution in [2.24, 2.45) is 0 Å². The van der Waals surface area contributed by atoms with Gasteiger partial charge in [-0.15, -0.1) is 0 Å². The Morgan fingerprint density at radius 1 is 1.53 bits per heavy atom. The number of hydrogen-bond acceptors (Lipinski definition) is 3. The number of methoxy groups -OCH3 is 1. The molecule has 0 aliphatic carbocycles. The third-order valence-electron chi connectivity index (χ3n) is 2.80. The van der Waals surface area contributed by atoms with Crippen molar-refractivity contribution in [1.82, 2.24) is 5.32 Å². The van der Waals surface area contributed by atoms with Crippen molar-refractivity contribution >= 4 is 5.97 Å². The topological polar surface area (TPSA) is 58.6 Å². The second-order valence-electron chi connectivity index (χ2n) is 4.09. The summed E-state index contributed by atoms with van der Waals surface area (Å²) >= 11 is 0. The zero-order valence-corrected chi connectivity index (χ0v) is 10.5. The molecule has 0 aromatic heterocycles. The van der Waals surface area contributed by atoms with Crippen LogP contribution in [0.15, 0.2) is 24.3 Å². The highest BCUT2D eigenvalue weighted by Crippen LogP contribution is 2.24. The van der Waals surface area contributed by atoms with Crippen molar-refractivity contribution < 1.29 is 14.6 Å². The van der Waals surface area contributed by atoms with Crippen molar-refractivity contribution in [2.75, 3.05) is 13.7 Å². The Labute approximate surface area is 102 Å². The number of nitrogens with one attached hydrogen (secondary N) is 1. The molecular weight excluding hydrogens is 218 g/mol. The van der Waals surface area contributed by atoms with Gasteiger partial charge >= 0.3 is 5.97 Å². The maximum atomic E-state index is 11.4. The number of benzene rings is 1. The van der Waals surface area contributed by atoms with Crippen LogP contribution in [0.25, 0.3) is 0 Å². The monoisotopic (exact) mass is 237 g/mol. The fourth-order valence-electron chi connectivity index (χ4n) is 1.61. The lowest BCUT2D eigenvalue weighted by molar-refractivity contribution is -0.144. The molecule has 2 N–H and O–H groups in total. The van der Waals surface area contributed by atoms with Crippen LogP contribution in [-0.4, -0.2) is 24.7 Å². The first-order chi connectivity index (χ1) is 8.04. The molecule has 1 rings (SSSR count). The van der Waals surface area contributed by atoms with E-state index < -0.39 is 11.5 Å². The summed E-state index contributed by atoms with van der Waals surface area (Å²) in [5.74, 6) is -0.229. The van der Waals surface area contributed by atoms with Gasteiger partial charge in [0.2, 0.25) is 0 Å². The van der Waals surface area contributed by atoms with Gasteiger partial charge < -0.3 is 9.84 Å². The first kappa shape index (κ1) is 13.5. The summed E-state index contributed by atoms with van der Waals surface area (Å²) in [6.07, 6.45) is 0.882. The van der Waals surface area contributed by atoms with E-state index in [0.717, 1.165) is 6.42 Å². The summed E-state index contributed by atoms with van der Waals surface area (Å²) in [4.78, 5) is 11.4. The van der Waals surface area contributed by atoms with Crippen LogP contribution in [0, 0.1) is 0 Å². The third kappa shape index (κ3) is 2.97. The Balaban J connectivity index is 3.08. The van der Waals surface area contributed by atoms with Gasteiger partial charge in [0.25, 0.3) is 0 Å². The van der Waals surface area contributed by atoms with Gasteiger partial charge in [-0.1, -0.05) is 19.1 Å². The van der Waals surface area contributed by atoms with E-state index in [1.54, 1.807) is 38.3 Å². The first-order valence-corrected chi connectivity index (χ1v) is 5.67. The molecule has 17 heavy (non-hydrogen) atoms. The maximum absolute atomic E-state index is 11.4.